The molecule has 1 aromatic heterocycles. The third-order valence-corrected chi connectivity index (χ3v) is 3.60. The highest BCUT2D eigenvalue weighted by Crippen LogP contribution is 2.11. The molecule has 0 spiro atoms. The normalized spacial score (nSPS) is 10.2. The molecule has 26 heavy (non-hydrogen) atoms. The third kappa shape index (κ3) is 4.84. The fraction of sp³-hybridized carbons (Fsp3) is 0.118. The van der Waals surface area contributed by atoms with E-state index in [2.05, 4.69) is 31.6 Å². The first-order chi connectivity index (χ1) is 12.6. The molecule has 9 heteroatoms. The molecule has 8 nitrogen and oxygen atoms in total. The van der Waals surface area contributed by atoms with Crippen LogP contribution in [-0.2, 0) is 11.3 Å². The fourth-order valence-electron chi connectivity index (χ4n) is 2.11. The number of tetrazole rings is 1. The van der Waals surface area contributed by atoms with Gasteiger partial charge < -0.3 is 5.32 Å². The van der Waals surface area contributed by atoms with Gasteiger partial charge in [-0.1, -0.05) is 48.0 Å². The van der Waals surface area contributed by atoms with E-state index in [1.165, 1.54) is 4.80 Å². The number of nitrogens with one attached hydrogen (secondary N) is 3. The number of aryl methyl sites for hydroxylation is 1. The van der Waals surface area contributed by atoms with Crippen molar-refractivity contribution in [3.05, 3.63) is 60.2 Å². The van der Waals surface area contributed by atoms with Gasteiger partial charge >= 0.3 is 0 Å². The second-order valence-electron chi connectivity index (χ2n) is 5.50. The number of hydrazine groups is 1. The summed E-state index contributed by atoms with van der Waals surface area (Å²) in [5.74, 6) is 0.109. The van der Waals surface area contributed by atoms with Crippen LogP contribution in [0, 0.1) is 6.92 Å². The molecule has 0 saturated heterocycles. The number of amides is 1. The average molecular weight is 367 g/mol. The first-order valence-electron chi connectivity index (χ1n) is 7.86. The molecule has 0 radical (unpaired) electrons. The molecular weight excluding hydrogens is 350 g/mol. The quantitative estimate of drug-likeness (QED) is 0.477. The number of anilines is 1. The van der Waals surface area contributed by atoms with E-state index >= 15 is 0 Å². The molecule has 0 fully saturated rings. The van der Waals surface area contributed by atoms with Gasteiger partial charge in [0.05, 0.1) is 0 Å². The zero-order valence-electron chi connectivity index (χ0n) is 14.0. The van der Waals surface area contributed by atoms with Gasteiger partial charge in [-0.05, 0) is 36.5 Å². The van der Waals surface area contributed by atoms with Crippen molar-refractivity contribution in [3.8, 4) is 11.4 Å². The highest BCUT2D eigenvalue weighted by molar-refractivity contribution is 7.80. The highest BCUT2D eigenvalue weighted by atomic mass is 32.1. The van der Waals surface area contributed by atoms with Gasteiger partial charge in [0.25, 0.3) is 5.91 Å². The van der Waals surface area contributed by atoms with Crippen LogP contribution in [0.3, 0.4) is 0 Å². The van der Waals surface area contributed by atoms with E-state index in [4.69, 9.17) is 12.2 Å². The van der Waals surface area contributed by atoms with Gasteiger partial charge in [0.15, 0.2) is 5.11 Å². The monoisotopic (exact) mass is 367 g/mol. The molecular formula is C17H17N7OS. The van der Waals surface area contributed by atoms with Crippen LogP contribution in [0.2, 0.25) is 0 Å². The van der Waals surface area contributed by atoms with E-state index in [-0.39, 0.29) is 17.6 Å². The lowest BCUT2D eigenvalue weighted by Gasteiger charge is -2.11. The minimum Gasteiger partial charge on any atom is -0.331 e. The van der Waals surface area contributed by atoms with Crippen molar-refractivity contribution in [2.45, 2.75) is 13.5 Å². The predicted octanol–water partition coefficient (Wildman–Crippen LogP) is 1.67. The molecule has 3 aromatic rings. The Morgan fingerprint density at radius 1 is 1.08 bits per heavy atom. The van der Waals surface area contributed by atoms with E-state index in [1.54, 1.807) is 0 Å². The lowest BCUT2D eigenvalue weighted by molar-refractivity contribution is -0.122. The van der Waals surface area contributed by atoms with Crippen molar-refractivity contribution in [2.75, 3.05) is 5.32 Å². The molecule has 1 heterocycles. The van der Waals surface area contributed by atoms with Crippen molar-refractivity contribution in [1.82, 2.24) is 31.1 Å². The van der Waals surface area contributed by atoms with Crippen molar-refractivity contribution in [1.29, 1.82) is 0 Å². The standard InChI is InChI=1S/C17H17N7OS/c1-12-7-9-14(10-8-12)18-17(26)21-19-15(25)11-24-22-16(20-23-24)13-5-3-2-4-6-13/h2-10H,11H2,1H3,(H,19,25)(H2,18,21,26). The summed E-state index contributed by atoms with van der Waals surface area (Å²) in [6, 6.07) is 17.1. The summed E-state index contributed by atoms with van der Waals surface area (Å²) in [7, 11) is 0. The topological polar surface area (TPSA) is 96.8 Å². The largest absolute Gasteiger partial charge is 0.331 e. The number of carbonyl (C=O) groups excluding carboxylic acids is 1. The molecule has 2 aromatic carbocycles. The summed E-state index contributed by atoms with van der Waals surface area (Å²) in [6.45, 7) is 1.92. The second kappa shape index (κ2) is 8.17. The number of hydrogen-bond donors (Lipinski definition) is 3. The minimum atomic E-state index is -0.352. The van der Waals surface area contributed by atoms with Crippen molar-refractivity contribution < 1.29 is 4.79 Å². The molecule has 3 rings (SSSR count). The maximum absolute atomic E-state index is 12.0. The summed E-state index contributed by atoms with van der Waals surface area (Å²) in [5, 5.41) is 15.2. The summed E-state index contributed by atoms with van der Waals surface area (Å²) in [6.07, 6.45) is 0. The number of thiocarbonyl (C=S) groups is 1. The van der Waals surface area contributed by atoms with Gasteiger partial charge in [0.1, 0.15) is 6.54 Å². The zero-order chi connectivity index (χ0) is 18.4. The Bertz CT molecular complexity index is 893. The molecule has 0 unspecified atom stereocenters. The molecule has 1 amide bonds. The maximum atomic E-state index is 12.0. The average Bonchev–Trinajstić information content (AvgIpc) is 3.11. The van der Waals surface area contributed by atoms with E-state index < -0.39 is 0 Å². The molecule has 0 atom stereocenters. The predicted molar refractivity (Wildman–Crippen MR) is 102 cm³/mol. The van der Waals surface area contributed by atoms with Crippen LogP contribution < -0.4 is 16.2 Å². The van der Waals surface area contributed by atoms with Gasteiger partial charge in [-0.25, -0.2) is 0 Å². The lowest BCUT2D eigenvalue weighted by Crippen LogP contribution is -2.45. The smallest absolute Gasteiger partial charge is 0.262 e. The van der Waals surface area contributed by atoms with E-state index in [0.29, 0.717) is 5.82 Å². The SMILES string of the molecule is Cc1ccc(NC(=S)NNC(=O)Cn2nnc(-c3ccccc3)n2)cc1. The van der Waals surface area contributed by atoms with Crippen LogP contribution in [0.15, 0.2) is 54.6 Å². The Morgan fingerprint density at radius 3 is 2.54 bits per heavy atom. The number of nitrogens with zero attached hydrogens (tertiary/aromatic N) is 4. The number of hydrogen-bond acceptors (Lipinski definition) is 5. The summed E-state index contributed by atoms with van der Waals surface area (Å²) >= 11 is 5.13. The third-order valence-electron chi connectivity index (χ3n) is 3.39. The number of rotatable bonds is 4. The summed E-state index contributed by atoms with van der Waals surface area (Å²) in [5.41, 5.74) is 7.94. The van der Waals surface area contributed by atoms with E-state index in [9.17, 15) is 4.79 Å². The van der Waals surface area contributed by atoms with Crippen LogP contribution >= 0.6 is 12.2 Å². The Morgan fingerprint density at radius 2 is 1.81 bits per heavy atom. The molecule has 0 saturated carbocycles. The van der Waals surface area contributed by atoms with Gasteiger partial charge in [0, 0.05) is 11.3 Å². The molecule has 132 valence electrons. The maximum Gasteiger partial charge on any atom is 0.262 e. The van der Waals surface area contributed by atoms with Crippen LogP contribution in [0.25, 0.3) is 11.4 Å². The fourth-order valence-corrected chi connectivity index (χ4v) is 2.28. The first kappa shape index (κ1) is 17.5. The van der Waals surface area contributed by atoms with Crippen LogP contribution in [0.1, 0.15) is 5.56 Å². The lowest BCUT2D eigenvalue weighted by atomic mass is 10.2. The van der Waals surface area contributed by atoms with Gasteiger partial charge in [-0.3, -0.25) is 15.6 Å². The van der Waals surface area contributed by atoms with Crippen LogP contribution in [0.5, 0.6) is 0 Å². The Balaban J connectivity index is 1.47. The van der Waals surface area contributed by atoms with Crippen LogP contribution in [0.4, 0.5) is 5.69 Å². The van der Waals surface area contributed by atoms with Crippen molar-refractivity contribution in [2.24, 2.45) is 0 Å². The number of aromatic nitrogens is 4. The highest BCUT2D eigenvalue weighted by Gasteiger charge is 2.09. The summed E-state index contributed by atoms with van der Waals surface area (Å²) < 4.78 is 0. The molecule has 3 N–H and O–H groups in total. The summed E-state index contributed by atoms with van der Waals surface area (Å²) in [4.78, 5) is 13.2. The van der Waals surface area contributed by atoms with Gasteiger partial charge in [-0.2, -0.15) is 4.80 Å². The van der Waals surface area contributed by atoms with Gasteiger partial charge in [-0.15, -0.1) is 10.2 Å². The number of benzene rings is 2. The molecule has 0 aliphatic carbocycles. The van der Waals surface area contributed by atoms with Crippen LogP contribution in [-0.4, -0.2) is 31.2 Å². The number of carbonyl (C=O) groups is 1. The van der Waals surface area contributed by atoms with Crippen molar-refractivity contribution in [3.63, 3.8) is 0 Å². The minimum absolute atomic E-state index is 0.0834. The molecule has 0 aliphatic rings. The van der Waals surface area contributed by atoms with Gasteiger partial charge in [0.2, 0.25) is 5.82 Å². The Kier molecular flexibility index (Phi) is 5.49. The Hall–Kier alpha value is -3.33. The molecule has 0 aliphatic heterocycles. The first-order valence-corrected chi connectivity index (χ1v) is 8.27. The van der Waals surface area contributed by atoms with E-state index in [0.717, 1.165) is 16.8 Å². The zero-order valence-corrected chi connectivity index (χ0v) is 14.8. The van der Waals surface area contributed by atoms with E-state index in [1.807, 2.05) is 61.5 Å². The second-order valence-corrected chi connectivity index (χ2v) is 5.91. The molecule has 0 bridgehead atoms. The van der Waals surface area contributed by atoms with Crippen molar-refractivity contribution >= 4 is 28.9 Å². The Labute approximate surface area is 155 Å².